The zero-order chi connectivity index (χ0) is 15.8. The highest BCUT2D eigenvalue weighted by Gasteiger charge is 2.11. The molecule has 0 spiro atoms. The van der Waals surface area contributed by atoms with Crippen molar-refractivity contribution in [3.05, 3.63) is 28.8 Å². The van der Waals surface area contributed by atoms with Crippen molar-refractivity contribution in [2.75, 3.05) is 37.6 Å². The lowest BCUT2D eigenvalue weighted by atomic mass is 10.1. The van der Waals surface area contributed by atoms with E-state index in [0.29, 0.717) is 10.6 Å². The Bertz CT molecular complexity index is 458. The summed E-state index contributed by atoms with van der Waals surface area (Å²) < 4.78 is 0. The Kier molecular flexibility index (Phi) is 7.76. The molecule has 0 N–H and O–H groups in total. The molecule has 0 fully saturated rings. The molecule has 4 heteroatoms. The van der Waals surface area contributed by atoms with Gasteiger partial charge in [0.1, 0.15) is 0 Å². The first kappa shape index (κ1) is 18.0. The molecule has 0 aliphatic carbocycles. The van der Waals surface area contributed by atoms with Crippen molar-refractivity contribution in [1.82, 2.24) is 4.90 Å². The van der Waals surface area contributed by atoms with Crippen molar-refractivity contribution in [1.29, 1.82) is 0 Å². The predicted molar refractivity (Wildman–Crippen MR) is 91.7 cm³/mol. The number of benzene rings is 1. The van der Waals surface area contributed by atoms with Crippen molar-refractivity contribution < 1.29 is 4.79 Å². The molecule has 0 heterocycles. The average molecular weight is 311 g/mol. The Morgan fingerprint density at radius 2 is 1.76 bits per heavy atom. The standard InChI is InChI=1S/C17H27ClN2O/c1-5-19(6-2)11-8-12-20(7-3)17-10-9-15(14(4)21)13-16(17)18/h9-10,13H,5-8,11-12H2,1-4H3. The number of halogens is 1. The quantitative estimate of drug-likeness (QED) is 0.642. The predicted octanol–water partition coefficient (Wildman–Crippen LogP) is 4.10. The summed E-state index contributed by atoms with van der Waals surface area (Å²) >= 11 is 6.34. The van der Waals surface area contributed by atoms with Crippen molar-refractivity contribution in [3.63, 3.8) is 0 Å². The summed E-state index contributed by atoms with van der Waals surface area (Å²) in [5, 5.41) is 0.660. The van der Waals surface area contributed by atoms with Crippen LogP contribution in [0, 0.1) is 0 Å². The number of carbonyl (C=O) groups is 1. The summed E-state index contributed by atoms with van der Waals surface area (Å²) in [4.78, 5) is 16.1. The van der Waals surface area contributed by atoms with Crippen LogP contribution in [0.5, 0.6) is 0 Å². The maximum Gasteiger partial charge on any atom is 0.159 e. The Labute approximate surface area is 133 Å². The monoisotopic (exact) mass is 310 g/mol. The molecule has 0 saturated heterocycles. The number of ketones is 1. The van der Waals surface area contributed by atoms with Crippen molar-refractivity contribution in [3.8, 4) is 0 Å². The van der Waals surface area contributed by atoms with Gasteiger partial charge in [0, 0.05) is 18.7 Å². The molecule has 118 valence electrons. The molecule has 1 aromatic rings. The molecule has 0 bridgehead atoms. The van der Waals surface area contributed by atoms with Gasteiger partial charge in [-0.05, 0) is 58.1 Å². The van der Waals surface area contributed by atoms with Crippen molar-refractivity contribution in [2.45, 2.75) is 34.1 Å². The average Bonchev–Trinajstić information content (AvgIpc) is 2.48. The summed E-state index contributed by atoms with van der Waals surface area (Å²) in [5.41, 5.74) is 1.69. The number of carbonyl (C=O) groups excluding carboxylic acids is 1. The Morgan fingerprint density at radius 1 is 1.10 bits per heavy atom. The first-order valence-electron chi connectivity index (χ1n) is 7.81. The van der Waals surface area contributed by atoms with Crippen LogP contribution in [0.3, 0.4) is 0 Å². The third kappa shape index (κ3) is 5.33. The van der Waals surface area contributed by atoms with E-state index in [2.05, 4.69) is 30.6 Å². The van der Waals surface area contributed by atoms with Crippen LogP contribution in [-0.2, 0) is 0 Å². The molecular weight excluding hydrogens is 284 g/mol. The van der Waals surface area contributed by atoms with Crippen LogP contribution >= 0.6 is 11.6 Å². The summed E-state index contributed by atoms with van der Waals surface area (Å²) in [7, 11) is 0. The normalized spacial score (nSPS) is 11.0. The van der Waals surface area contributed by atoms with Gasteiger partial charge in [0.15, 0.2) is 5.78 Å². The van der Waals surface area contributed by atoms with Gasteiger partial charge in [-0.1, -0.05) is 25.4 Å². The van der Waals surface area contributed by atoms with Gasteiger partial charge in [0.2, 0.25) is 0 Å². The fourth-order valence-electron chi connectivity index (χ4n) is 2.46. The van der Waals surface area contributed by atoms with Gasteiger partial charge >= 0.3 is 0 Å². The first-order valence-corrected chi connectivity index (χ1v) is 8.19. The van der Waals surface area contributed by atoms with E-state index in [-0.39, 0.29) is 5.78 Å². The van der Waals surface area contributed by atoms with Crippen LogP contribution in [0.15, 0.2) is 18.2 Å². The van der Waals surface area contributed by atoms with Gasteiger partial charge in [-0.2, -0.15) is 0 Å². The molecule has 0 unspecified atom stereocenters. The number of anilines is 1. The lowest BCUT2D eigenvalue weighted by Gasteiger charge is -2.26. The van der Waals surface area contributed by atoms with E-state index in [4.69, 9.17) is 11.6 Å². The molecule has 0 aliphatic rings. The minimum atomic E-state index is 0.0491. The molecular formula is C17H27ClN2O. The fraction of sp³-hybridized carbons (Fsp3) is 0.588. The van der Waals surface area contributed by atoms with Crippen LogP contribution in [0.1, 0.15) is 44.5 Å². The van der Waals surface area contributed by atoms with E-state index in [1.54, 1.807) is 13.0 Å². The number of hydrogen-bond donors (Lipinski definition) is 0. The molecule has 1 aromatic carbocycles. The molecule has 0 saturated carbocycles. The van der Waals surface area contributed by atoms with Crippen LogP contribution in [0.2, 0.25) is 5.02 Å². The van der Waals surface area contributed by atoms with Crippen LogP contribution in [-0.4, -0.2) is 43.4 Å². The largest absolute Gasteiger partial charge is 0.371 e. The molecule has 1 rings (SSSR count). The first-order chi connectivity index (χ1) is 10.0. The van der Waals surface area contributed by atoms with E-state index in [0.717, 1.165) is 44.8 Å². The Morgan fingerprint density at radius 3 is 2.24 bits per heavy atom. The number of Topliss-reactive ketones (excluding diaryl/α,β-unsaturated/α-hetero) is 1. The van der Waals surface area contributed by atoms with Crippen LogP contribution in [0.4, 0.5) is 5.69 Å². The highest BCUT2D eigenvalue weighted by molar-refractivity contribution is 6.33. The van der Waals surface area contributed by atoms with Crippen LogP contribution < -0.4 is 4.90 Å². The summed E-state index contributed by atoms with van der Waals surface area (Å²) in [6, 6.07) is 5.59. The minimum Gasteiger partial charge on any atom is -0.371 e. The smallest absolute Gasteiger partial charge is 0.159 e. The number of hydrogen-bond acceptors (Lipinski definition) is 3. The molecule has 0 radical (unpaired) electrons. The highest BCUT2D eigenvalue weighted by atomic mass is 35.5. The zero-order valence-corrected chi connectivity index (χ0v) is 14.4. The fourth-order valence-corrected chi connectivity index (χ4v) is 2.76. The second-order valence-corrected chi connectivity index (χ2v) is 5.59. The lowest BCUT2D eigenvalue weighted by Crippen LogP contribution is -2.30. The maximum absolute atomic E-state index is 11.4. The summed E-state index contributed by atoms with van der Waals surface area (Å²) in [5.74, 6) is 0.0491. The molecule has 0 amide bonds. The topological polar surface area (TPSA) is 23.6 Å². The molecule has 0 atom stereocenters. The zero-order valence-electron chi connectivity index (χ0n) is 13.7. The Hall–Kier alpha value is -1.06. The minimum absolute atomic E-state index is 0.0491. The second kappa shape index (κ2) is 9.06. The van der Waals surface area contributed by atoms with Gasteiger partial charge in [-0.25, -0.2) is 0 Å². The third-order valence-corrected chi connectivity index (χ3v) is 4.18. The van der Waals surface area contributed by atoms with Crippen molar-refractivity contribution >= 4 is 23.1 Å². The van der Waals surface area contributed by atoms with E-state index in [1.807, 2.05) is 12.1 Å². The number of rotatable bonds is 9. The van der Waals surface area contributed by atoms with Gasteiger partial charge < -0.3 is 9.80 Å². The number of nitrogens with zero attached hydrogens (tertiary/aromatic N) is 2. The van der Waals surface area contributed by atoms with Gasteiger partial charge in [-0.3, -0.25) is 4.79 Å². The van der Waals surface area contributed by atoms with E-state index < -0.39 is 0 Å². The van der Waals surface area contributed by atoms with E-state index in [1.165, 1.54) is 0 Å². The molecule has 0 aliphatic heterocycles. The van der Waals surface area contributed by atoms with E-state index >= 15 is 0 Å². The second-order valence-electron chi connectivity index (χ2n) is 5.18. The van der Waals surface area contributed by atoms with Crippen LogP contribution in [0.25, 0.3) is 0 Å². The SMILES string of the molecule is CCN(CC)CCCN(CC)c1ccc(C(C)=O)cc1Cl. The summed E-state index contributed by atoms with van der Waals surface area (Å²) in [6.07, 6.45) is 1.11. The molecule has 3 nitrogen and oxygen atoms in total. The lowest BCUT2D eigenvalue weighted by molar-refractivity contribution is 0.101. The molecule has 0 aromatic heterocycles. The van der Waals surface area contributed by atoms with Gasteiger partial charge in [0.05, 0.1) is 10.7 Å². The van der Waals surface area contributed by atoms with Crippen molar-refractivity contribution in [2.24, 2.45) is 0 Å². The van der Waals surface area contributed by atoms with Gasteiger partial charge in [-0.15, -0.1) is 0 Å². The molecule has 21 heavy (non-hydrogen) atoms. The van der Waals surface area contributed by atoms with E-state index in [9.17, 15) is 4.79 Å². The highest BCUT2D eigenvalue weighted by Crippen LogP contribution is 2.27. The third-order valence-electron chi connectivity index (χ3n) is 3.87. The van der Waals surface area contributed by atoms with Gasteiger partial charge in [0.25, 0.3) is 0 Å². The Balaban J connectivity index is 2.69. The maximum atomic E-state index is 11.4. The summed E-state index contributed by atoms with van der Waals surface area (Å²) in [6.45, 7) is 13.3.